The molecule has 0 atom stereocenters. The van der Waals surface area contributed by atoms with Crippen LogP contribution in [-0.4, -0.2) is 28.5 Å². The average Bonchev–Trinajstić information content (AvgIpc) is 2.78. The Hall–Kier alpha value is -2.13. The van der Waals surface area contributed by atoms with Crippen molar-refractivity contribution in [3.8, 4) is 5.69 Å². The second-order valence-corrected chi connectivity index (χ2v) is 4.99. The highest BCUT2D eigenvalue weighted by molar-refractivity contribution is 5.84. The van der Waals surface area contributed by atoms with Gasteiger partial charge in [-0.3, -0.25) is 4.98 Å². The topological polar surface area (TPSA) is 21.1 Å². The molecule has 19 heavy (non-hydrogen) atoms. The summed E-state index contributed by atoms with van der Waals surface area (Å²) < 4.78 is 2.23. The van der Waals surface area contributed by atoms with Gasteiger partial charge in [-0.2, -0.15) is 0 Å². The molecule has 0 aliphatic heterocycles. The van der Waals surface area contributed by atoms with Crippen LogP contribution in [0.25, 0.3) is 16.6 Å². The lowest BCUT2D eigenvalue weighted by molar-refractivity contribution is 0.404. The third-order valence-electron chi connectivity index (χ3n) is 3.21. The van der Waals surface area contributed by atoms with Crippen LogP contribution < -0.4 is 0 Å². The summed E-state index contributed by atoms with van der Waals surface area (Å²) in [6.45, 7) is 0.919. The molecule has 3 heteroatoms. The Kier molecular flexibility index (Phi) is 3.05. The van der Waals surface area contributed by atoms with Crippen LogP contribution in [-0.2, 0) is 6.54 Å². The monoisotopic (exact) mass is 251 g/mol. The second kappa shape index (κ2) is 4.86. The molecule has 0 spiro atoms. The first kappa shape index (κ1) is 11.9. The Morgan fingerprint density at radius 1 is 1.11 bits per heavy atom. The van der Waals surface area contributed by atoms with Crippen LogP contribution in [0.2, 0.25) is 0 Å². The van der Waals surface area contributed by atoms with Crippen molar-refractivity contribution in [2.45, 2.75) is 6.54 Å². The van der Waals surface area contributed by atoms with Gasteiger partial charge in [-0.05, 0) is 37.9 Å². The van der Waals surface area contributed by atoms with E-state index in [0.717, 1.165) is 6.54 Å². The Morgan fingerprint density at radius 3 is 2.63 bits per heavy atom. The fourth-order valence-electron chi connectivity index (χ4n) is 2.41. The minimum Gasteiger partial charge on any atom is -0.316 e. The van der Waals surface area contributed by atoms with Gasteiger partial charge in [-0.15, -0.1) is 0 Å². The fraction of sp³-hybridized carbons (Fsp3) is 0.188. The SMILES string of the molecule is CN(C)Cc1cn(-c2ccccc2)c2ccncc12. The van der Waals surface area contributed by atoms with Crippen molar-refractivity contribution >= 4 is 10.9 Å². The van der Waals surface area contributed by atoms with Crippen LogP contribution in [0.3, 0.4) is 0 Å². The maximum absolute atomic E-state index is 4.26. The zero-order valence-electron chi connectivity index (χ0n) is 11.2. The van der Waals surface area contributed by atoms with E-state index in [9.17, 15) is 0 Å². The van der Waals surface area contributed by atoms with Gasteiger partial charge < -0.3 is 9.47 Å². The molecule has 0 aliphatic rings. The minimum atomic E-state index is 0.919. The van der Waals surface area contributed by atoms with E-state index < -0.39 is 0 Å². The smallest absolute Gasteiger partial charge is 0.0562 e. The van der Waals surface area contributed by atoms with E-state index in [4.69, 9.17) is 0 Å². The van der Waals surface area contributed by atoms with Crippen molar-refractivity contribution in [1.82, 2.24) is 14.5 Å². The first-order valence-corrected chi connectivity index (χ1v) is 6.40. The number of hydrogen-bond acceptors (Lipinski definition) is 2. The van der Waals surface area contributed by atoms with Crippen molar-refractivity contribution < 1.29 is 0 Å². The molecular weight excluding hydrogens is 234 g/mol. The molecule has 0 amide bonds. The molecule has 0 saturated heterocycles. The summed E-state index contributed by atoms with van der Waals surface area (Å²) in [7, 11) is 4.17. The molecule has 0 unspecified atom stereocenters. The molecule has 0 N–H and O–H groups in total. The van der Waals surface area contributed by atoms with Crippen LogP contribution in [0, 0.1) is 0 Å². The second-order valence-electron chi connectivity index (χ2n) is 4.99. The van der Waals surface area contributed by atoms with Gasteiger partial charge in [-0.1, -0.05) is 18.2 Å². The zero-order valence-corrected chi connectivity index (χ0v) is 11.2. The van der Waals surface area contributed by atoms with E-state index in [-0.39, 0.29) is 0 Å². The molecule has 0 saturated carbocycles. The van der Waals surface area contributed by atoms with E-state index in [2.05, 4.69) is 65.1 Å². The van der Waals surface area contributed by atoms with Gasteiger partial charge in [0.05, 0.1) is 5.52 Å². The first-order valence-electron chi connectivity index (χ1n) is 6.40. The summed E-state index contributed by atoms with van der Waals surface area (Å²) >= 11 is 0. The zero-order chi connectivity index (χ0) is 13.2. The summed E-state index contributed by atoms with van der Waals surface area (Å²) in [5.41, 5.74) is 3.69. The predicted molar refractivity (Wildman–Crippen MR) is 78.5 cm³/mol. The van der Waals surface area contributed by atoms with Crippen LogP contribution in [0.15, 0.2) is 55.0 Å². The molecule has 1 aromatic carbocycles. The number of benzene rings is 1. The van der Waals surface area contributed by atoms with Gasteiger partial charge in [0.15, 0.2) is 0 Å². The number of rotatable bonds is 3. The van der Waals surface area contributed by atoms with Gasteiger partial charge in [0, 0.05) is 36.2 Å². The highest BCUT2D eigenvalue weighted by Gasteiger charge is 2.10. The van der Waals surface area contributed by atoms with Crippen molar-refractivity contribution in [2.24, 2.45) is 0 Å². The van der Waals surface area contributed by atoms with Crippen LogP contribution >= 0.6 is 0 Å². The maximum atomic E-state index is 4.26. The lowest BCUT2D eigenvalue weighted by atomic mass is 10.2. The molecule has 3 rings (SSSR count). The third-order valence-corrected chi connectivity index (χ3v) is 3.21. The molecule has 2 heterocycles. The normalized spacial score (nSPS) is 11.3. The van der Waals surface area contributed by atoms with E-state index in [0.29, 0.717) is 0 Å². The number of fused-ring (bicyclic) bond motifs is 1. The van der Waals surface area contributed by atoms with E-state index in [1.54, 1.807) is 0 Å². The summed E-state index contributed by atoms with van der Waals surface area (Å²) in [5.74, 6) is 0. The lowest BCUT2D eigenvalue weighted by Crippen LogP contribution is -2.10. The molecule has 3 nitrogen and oxygen atoms in total. The van der Waals surface area contributed by atoms with Crippen LogP contribution in [0.1, 0.15) is 5.56 Å². The van der Waals surface area contributed by atoms with Crippen molar-refractivity contribution in [3.05, 3.63) is 60.6 Å². The van der Waals surface area contributed by atoms with Crippen molar-refractivity contribution in [2.75, 3.05) is 14.1 Å². The third kappa shape index (κ3) is 2.25. The summed E-state index contributed by atoms with van der Waals surface area (Å²) in [5, 5.41) is 1.22. The number of hydrogen-bond donors (Lipinski definition) is 0. The van der Waals surface area contributed by atoms with E-state index in [1.807, 2.05) is 18.5 Å². The van der Waals surface area contributed by atoms with E-state index >= 15 is 0 Å². The Labute approximate surface area is 113 Å². The quantitative estimate of drug-likeness (QED) is 0.713. The molecule has 0 radical (unpaired) electrons. The number of aromatic nitrogens is 2. The van der Waals surface area contributed by atoms with Gasteiger partial charge in [0.2, 0.25) is 0 Å². The molecule has 2 aromatic heterocycles. The number of para-hydroxylation sites is 1. The molecular formula is C16H17N3. The van der Waals surface area contributed by atoms with Gasteiger partial charge >= 0.3 is 0 Å². The largest absolute Gasteiger partial charge is 0.316 e. The summed E-state index contributed by atoms with van der Waals surface area (Å²) in [6.07, 6.45) is 6.01. The van der Waals surface area contributed by atoms with Gasteiger partial charge in [0.25, 0.3) is 0 Å². The molecule has 0 bridgehead atoms. The van der Waals surface area contributed by atoms with Crippen molar-refractivity contribution in [1.29, 1.82) is 0 Å². The van der Waals surface area contributed by atoms with E-state index in [1.165, 1.54) is 22.2 Å². The Bertz CT molecular complexity index is 684. The van der Waals surface area contributed by atoms with Crippen molar-refractivity contribution in [3.63, 3.8) is 0 Å². The Morgan fingerprint density at radius 2 is 1.89 bits per heavy atom. The summed E-state index contributed by atoms with van der Waals surface area (Å²) in [6, 6.07) is 12.5. The minimum absolute atomic E-state index is 0.919. The standard InChI is InChI=1S/C16H17N3/c1-18(2)11-13-12-19(14-6-4-3-5-7-14)16-8-9-17-10-15(13)16/h3-10,12H,11H2,1-2H3. The highest BCUT2D eigenvalue weighted by atomic mass is 15.1. The molecule has 96 valence electrons. The highest BCUT2D eigenvalue weighted by Crippen LogP contribution is 2.24. The maximum Gasteiger partial charge on any atom is 0.0562 e. The summed E-state index contributed by atoms with van der Waals surface area (Å²) in [4.78, 5) is 6.43. The lowest BCUT2D eigenvalue weighted by Gasteiger charge is -2.07. The fourth-order valence-corrected chi connectivity index (χ4v) is 2.41. The molecule has 0 fully saturated rings. The Balaban J connectivity index is 2.20. The molecule has 3 aromatic rings. The average molecular weight is 251 g/mol. The predicted octanol–water partition coefficient (Wildman–Crippen LogP) is 3.09. The number of pyridine rings is 1. The number of nitrogens with zero attached hydrogens (tertiary/aromatic N) is 3. The van der Waals surface area contributed by atoms with Gasteiger partial charge in [-0.25, -0.2) is 0 Å². The molecule has 0 aliphatic carbocycles. The van der Waals surface area contributed by atoms with Crippen LogP contribution in [0.5, 0.6) is 0 Å². The first-order chi connectivity index (χ1) is 9.25. The van der Waals surface area contributed by atoms with Crippen LogP contribution in [0.4, 0.5) is 0 Å². The van der Waals surface area contributed by atoms with Gasteiger partial charge in [0.1, 0.15) is 0 Å².